The van der Waals surface area contributed by atoms with E-state index in [9.17, 15) is 8.42 Å². The fraction of sp³-hybridized carbons (Fsp3) is 0.538. The summed E-state index contributed by atoms with van der Waals surface area (Å²) in [5.41, 5.74) is 2.00. The molecule has 106 valence electrons. The molecule has 0 atom stereocenters. The lowest BCUT2D eigenvalue weighted by Crippen LogP contribution is -2.25. The average molecular weight is 300 g/mol. The number of hydrogen-bond donors (Lipinski definition) is 2. The largest absolute Gasteiger partial charge is 0.382 e. The molecular weight excluding hydrogens is 280 g/mol. The Labute approximate surface area is 119 Å². The zero-order valence-electron chi connectivity index (χ0n) is 11.3. The van der Waals surface area contributed by atoms with Crippen LogP contribution in [-0.4, -0.2) is 33.0 Å². The summed E-state index contributed by atoms with van der Waals surface area (Å²) in [6.07, 6.45) is 2.26. The third-order valence-corrected chi connectivity index (χ3v) is 5.83. The van der Waals surface area contributed by atoms with Gasteiger partial charge in [0.2, 0.25) is 10.0 Å². The van der Waals surface area contributed by atoms with Gasteiger partial charge in [0, 0.05) is 11.7 Å². The number of sulfonamides is 1. The highest BCUT2D eigenvalue weighted by atomic mass is 32.2. The minimum atomic E-state index is -3.37. The van der Waals surface area contributed by atoms with E-state index in [2.05, 4.69) is 10.0 Å². The molecule has 6 heteroatoms. The molecule has 0 bridgehead atoms. The normalized spacial score (nSPS) is 17.4. The van der Waals surface area contributed by atoms with Crippen molar-refractivity contribution in [1.29, 1.82) is 0 Å². The van der Waals surface area contributed by atoms with Gasteiger partial charge in [0.25, 0.3) is 0 Å². The maximum atomic E-state index is 11.8. The lowest BCUT2D eigenvalue weighted by atomic mass is 10.1. The number of anilines is 1. The minimum Gasteiger partial charge on any atom is -0.382 e. The highest BCUT2D eigenvalue weighted by Crippen LogP contribution is 2.25. The van der Waals surface area contributed by atoms with E-state index in [4.69, 9.17) is 0 Å². The fourth-order valence-corrected chi connectivity index (χ4v) is 3.97. The Bertz CT molecular complexity index is 538. The van der Waals surface area contributed by atoms with Crippen LogP contribution in [0.2, 0.25) is 0 Å². The topological polar surface area (TPSA) is 58.2 Å². The number of aryl methyl sites for hydroxylation is 1. The zero-order chi connectivity index (χ0) is 13.9. The van der Waals surface area contributed by atoms with Gasteiger partial charge < -0.3 is 5.32 Å². The maximum absolute atomic E-state index is 11.8. The first-order chi connectivity index (χ1) is 9.03. The van der Waals surface area contributed by atoms with Crippen molar-refractivity contribution in [3.8, 4) is 0 Å². The molecule has 4 nitrogen and oxygen atoms in total. The van der Waals surface area contributed by atoms with Crippen molar-refractivity contribution in [2.75, 3.05) is 23.9 Å². The van der Waals surface area contributed by atoms with Gasteiger partial charge in [0.1, 0.15) is 0 Å². The van der Waals surface area contributed by atoms with E-state index >= 15 is 0 Å². The van der Waals surface area contributed by atoms with Crippen molar-refractivity contribution in [3.05, 3.63) is 23.8 Å². The molecule has 0 aromatic heterocycles. The van der Waals surface area contributed by atoms with Crippen LogP contribution >= 0.6 is 11.8 Å². The average Bonchev–Trinajstić information content (AvgIpc) is 2.42. The number of thioether (sulfide) groups is 1. The van der Waals surface area contributed by atoms with E-state index in [0.717, 1.165) is 24.1 Å². The van der Waals surface area contributed by atoms with Gasteiger partial charge in [-0.1, -0.05) is 6.07 Å². The summed E-state index contributed by atoms with van der Waals surface area (Å²) >= 11 is 1.98. The first-order valence-electron chi connectivity index (χ1n) is 6.41. The van der Waals surface area contributed by atoms with Gasteiger partial charge in [0.05, 0.1) is 4.90 Å². The van der Waals surface area contributed by atoms with E-state index in [1.165, 1.54) is 18.6 Å². The summed E-state index contributed by atoms with van der Waals surface area (Å²) in [5.74, 6) is 2.34. The molecule has 1 aromatic rings. The van der Waals surface area contributed by atoms with Crippen LogP contribution < -0.4 is 10.0 Å². The van der Waals surface area contributed by atoms with Crippen molar-refractivity contribution in [2.24, 2.45) is 0 Å². The second kappa shape index (κ2) is 6.15. The smallest absolute Gasteiger partial charge is 0.240 e. The first-order valence-corrected chi connectivity index (χ1v) is 9.05. The van der Waals surface area contributed by atoms with Crippen LogP contribution in [0.5, 0.6) is 0 Å². The Kier molecular flexibility index (Phi) is 4.76. The third-order valence-electron chi connectivity index (χ3n) is 3.37. The van der Waals surface area contributed by atoms with Crippen molar-refractivity contribution in [1.82, 2.24) is 4.72 Å². The highest BCUT2D eigenvalue weighted by molar-refractivity contribution is 7.99. The van der Waals surface area contributed by atoms with Crippen LogP contribution in [0, 0.1) is 6.92 Å². The van der Waals surface area contributed by atoms with Crippen LogP contribution in [0.15, 0.2) is 23.1 Å². The summed E-state index contributed by atoms with van der Waals surface area (Å²) in [7, 11) is -1.94. The quantitative estimate of drug-likeness (QED) is 0.895. The molecule has 0 spiro atoms. The lowest BCUT2D eigenvalue weighted by molar-refractivity contribution is 0.588. The van der Waals surface area contributed by atoms with Gasteiger partial charge in [-0.2, -0.15) is 11.8 Å². The van der Waals surface area contributed by atoms with Crippen LogP contribution in [-0.2, 0) is 10.0 Å². The number of rotatable bonds is 4. The fourth-order valence-electron chi connectivity index (χ4n) is 2.10. The number of hydrogen-bond acceptors (Lipinski definition) is 4. The van der Waals surface area contributed by atoms with E-state index in [-0.39, 0.29) is 0 Å². The zero-order valence-corrected chi connectivity index (χ0v) is 12.9. The molecule has 0 unspecified atom stereocenters. The van der Waals surface area contributed by atoms with Crippen LogP contribution in [0.1, 0.15) is 18.4 Å². The molecule has 1 aromatic carbocycles. The molecule has 1 saturated heterocycles. The molecule has 0 amide bonds. The summed E-state index contributed by atoms with van der Waals surface area (Å²) in [4.78, 5) is 0.313. The predicted molar refractivity (Wildman–Crippen MR) is 81.4 cm³/mol. The molecule has 1 fully saturated rings. The number of nitrogens with one attached hydrogen (secondary N) is 2. The summed E-state index contributed by atoms with van der Waals surface area (Å²) < 4.78 is 26.0. The van der Waals surface area contributed by atoms with Gasteiger partial charge in [-0.15, -0.1) is 0 Å². The second-order valence-corrected chi connectivity index (χ2v) is 7.83. The van der Waals surface area contributed by atoms with Crippen molar-refractivity contribution >= 4 is 27.5 Å². The van der Waals surface area contributed by atoms with Gasteiger partial charge >= 0.3 is 0 Å². The summed E-state index contributed by atoms with van der Waals surface area (Å²) in [5, 5.41) is 3.48. The summed E-state index contributed by atoms with van der Waals surface area (Å²) in [6, 6.07) is 5.67. The molecule has 0 saturated carbocycles. The molecule has 2 rings (SSSR count). The second-order valence-electron chi connectivity index (χ2n) is 4.72. The standard InChI is InChI=1S/C13H20N2O2S2/c1-10-3-4-12(19(16,17)14-2)9-13(10)15-11-5-7-18-8-6-11/h3-4,9,11,14-15H,5-8H2,1-2H3. The van der Waals surface area contributed by atoms with Gasteiger partial charge in [-0.05, 0) is 56.0 Å². The molecule has 2 N–H and O–H groups in total. The highest BCUT2D eigenvalue weighted by Gasteiger charge is 2.17. The molecular formula is C13H20N2O2S2. The molecule has 1 heterocycles. The Balaban J connectivity index is 2.22. The van der Waals surface area contributed by atoms with E-state index in [1.807, 2.05) is 24.8 Å². The van der Waals surface area contributed by atoms with Gasteiger partial charge in [0.15, 0.2) is 0 Å². The number of benzene rings is 1. The van der Waals surface area contributed by atoms with Crippen LogP contribution in [0.3, 0.4) is 0 Å². The van der Waals surface area contributed by atoms with Crippen molar-refractivity contribution in [3.63, 3.8) is 0 Å². The van der Waals surface area contributed by atoms with E-state index in [0.29, 0.717) is 10.9 Å². The SMILES string of the molecule is CNS(=O)(=O)c1ccc(C)c(NC2CCSCC2)c1. The monoisotopic (exact) mass is 300 g/mol. The van der Waals surface area contributed by atoms with Crippen LogP contribution in [0.4, 0.5) is 5.69 Å². The predicted octanol–water partition coefficient (Wildman–Crippen LogP) is 2.21. The molecule has 19 heavy (non-hydrogen) atoms. The van der Waals surface area contributed by atoms with Crippen LogP contribution in [0.25, 0.3) is 0 Å². The molecule has 0 aliphatic carbocycles. The molecule has 1 aliphatic rings. The Morgan fingerprint density at radius 3 is 2.58 bits per heavy atom. The Morgan fingerprint density at radius 1 is 1.26 bits per heavy atom. The van der Waals surface area contributed by atoms with Crippen molar-refractivity contribution in [2.45, 2.75) is 30.7 Å². The van der Waals surface area contributed by atoms with E-state index < -0.39 is 10.0 Å². The lowest BCUT2D eigenvalue weighted by Gasteiger charge is -2.24. The first kappa shape index (κ1) is 14.7. The summed E-state index contributed by atoms with van der Waals surface area (Å²) in [6.45, 7) is 2.00. The van der Waals surface area contributed by atoms with Gasteiger partial charge in [-0.25, -0.2) is 13.1 Å². The van der Waals surface area contributed by atoms with Crippen molar-refractivity contribution < 1.29 is 8.42 Å². The maximum Gasteiger partial charge on any atom is 0.240 e. The Morgan fingerprint density at radius 2 is 1.95 bits per heavy atom. The van der Waals surface area contributed by atoms with E-state index in [1.54, 1.807) is 12.1 Å². The molecule has 1 aliphatic heterocycles. The molecule has 0 radical (unpaired) electrons. The Hall–Kier alpha value is -0.720. The van der Waals surface area contributed by atoms with Gasteiger partial charge in [-0.3, -0.25) is 0 Å². The minimum absolute atomic E-state index is 0.313. The third kappa shape index (κ3) is 3.64.